The van der Waals surface area contributed by atoms with Crippen molar-refractivity contribution in [1.82, 2.24) is 0 Å². The van der Waals surface area contributed by atoms with Crippen molar-refractivity contribution < 1.29 is 14.7 Å². The van der Waals surface area contributed by atoms with Gasteiger partial charge in [0.15, 0.2) is 0 Å². The first kappa shape index (κ1) is 13.2. The molecule has 0 bridgehead atoms. The Bertz CT molecular complexity index is 536. The average molecular weight is 273 g/mol. The second-order valence-electron chi connectivity index (χ2n) is 5.79. The number of carbonyl (C=O) groups is 2. The molecule has 4 heteroatoms. The van der Waals surface area contributed by atoms with Crippen LogP contribution in [0.4, 0.5) is 5.69 Å². The zero-order valence-corrected chi connectivity index (χ0v) is 11.4. The summed E-state index contributed by atoms with van der Waals surface area (Å²) in [5.41, 5.74) is 1.54. The monoisotopic (exact) mass is 273 g/mol. The topological polar surface area (TPSA) is 57.6 Å². The fourth-order valence-corrected chi connectivity index (χ4v) is 3.10. The fraction of sp³-hybridized carbons (Fsp3) is 0.500. The lowest BCUT2D eigenvalue weighted by molar-refractivity contribution is -0.138. The van der Waals surface area contributed by atoms with Crippen molar-refractivity contribution in [2.45, 2.75) is 38.0 Å². The molecule has 1 aromatic carbocycles. The number of carboxylic acid groups (broad SMARTS) is 1. The van der Waals surface area contributed by atoms with Gasteiger partial charge in [-0.1, -0.05) is 37.5 Å². The molecule has 4 nitrogen and oxygen atoms in total. The second-order valence-corrected chi connectivity index (χ2v) is 5.79. The van der Waals surface area contributed by atoms with E-state index in [0.717, 1.165) is 17.7 Å². The SMILES string of the molecule is O=C(O)C1CN(C(=O)CCC2CCC2)c2ccccc21. The molecule has 1 aromatic rings. The van der Waals surface area contributed by atoms with Gasteiger partial charge in [-0.25, -0.2) is 0 Å². The largest absolute Gasteiger partial charge is 0.481 e. The van der Waals surface area contributed by atoms with E-state index in [1.807, 2.05) is 24.3 Å². The Labute approximate surface area is 118 Å². The first-order valence-electron chi connectivity index (χ1n) is 7.29. The Morgan fingerprint density at radius 1 is 1.25 bits per heavy atom. The van der Waals surface area contributed by atoms with E-state index in [1.165, 1.54) is 19.3 Å². The van der Waals surface area contributed by atoms with E-state index in [0.29, 0.717) is 12.3 Å². The van der Waals surface area contributed by atoms with Crippen molar-refractivity contribution in [3.05, 3.63) is 29.8 Å². The maximum Gasteiger partial charge on any atom is 0.312 e. The van der Waals surface area contributed by atoms with E-state index in [-0.39, 0.29) is 12.5 Å². The molecule has 1 aliphatic heterocycles. The Balaban J connectivity index is 1.73. The van der Waals surface area contributed by atoms with Gasteiger partial charge in [-0.15, -0.1) is 0 Å². The normalized spacial score (nSPS) is 21.4. The zero-order chi connectivity index (χ0) is 14.1. The van der Waals surface area contributed by atoms with Crippen molar-refractivity contribution in [2.75, 3.05) is 11.4 Å². The Morgan fingerprint density at radius 2 is 2.00 bits per heavy atom. The van der Waals surface area contributed by atoms with Crippen molar-refractivity contribution >= 4 is 17.6 Å². The van der Waals surface area contributed by atoms with E-state index in [2.05, 4.69) is 0 Å². The number of carboxylic acids is 1. The number of hydrogen-bond donors (Lipinski definition) is 1. The first-order valence-corrected chi connectivity index (χ1v) is 7.29. The predicted molar refractivity (Wildman–Crippen MR) is 75.7 cm³/mol. The molecule has 0 spiro atoms. The van der Waals surface area contributed by atoms with Crippen LogP contribution < -0.4 is 4.90 Å². The summed E-state index contributed by atoms with van der Waals surface area (Å²) in [6.07, 6.45) is 5.23. The van der Waals surface area contributed by atoms with Gasteiger partial charge >= 0.3 is 5.97 Å². The summed E-state index contributed by atoms with van der Waals surface area (Å²) in [6, 6.07) is 7.35. The lowest BCUT2D eigenvalue weighted by atomic mass is 9.82. The summed E-state index contributed by atoms with van der Waals surface area (Å²) < 4.78 is 0. The van der Waals surface area contributed by atoms with Crippen LogP contribution in [0.15, 0.2) is 24.3 Å². The molecule has 0 radical (unpaired) electrons. The summed E-state index contributed by atoms with van der Waals surface area (Å²) in [5.74, 6) is -0.675. The van der Waals surface area contributed by atoms with Crippen LogP contribution in [0, 0.1) is 5.92 Å². The Kier molecular flexibility index (Phi) is 3.47. The van der Waals surface area contributed by atoms with E-state index in [9.17, 15) is 14.7 Å². The van der Waals surface area contributed by atoms with Gasteiger partial charge in [-0.05, 0) is 24.0 Å². The van der Waals surface area contributed by atoms with Crippen molar-refractivity contribution in [1.29, 1.82) is 0 Å². The summed E-state index contributed by atoms with van der Waals surface area (Å²) in [4.78, 5) is 25.3. The lowest BCUT2D eigenvalue weighted by Crippen LogP contribution is -2.31. The molecule has 20 heavy (non-hydrogen) atoms. The number of benzene rings is 1. The molecule has 2 aliphatic rings. The van der Waals surface area contributed by atoms with E-state index >= 15 is 0 Å². The van der Waals surface area contributed by atoms with Crippen LogP contribution in [0.3, 0.4) is 0 Å². The molecule has 1 saturated carbocycles. The maximum absolute atomic E-state index is 12.4. The third-order valence-corrected chi connectivity index (χ3v) is 4.56. The van der Waals surface area contributed by atoms with Gasteiger partial charge in [0, 0.05) is 18.7 Å². The molecule has 0 aromatic heterocycles. The summed E-state index contributed by atoms with van der Waals surface area (Å²) in [7, 11) is 0. The third kappa shape index (κ3) is 2.30. The van der Waals surface area contributed by atoms with Crippen molar-refractivity contribution in [2.24, 2.45) is 5.92 Å². The van der Waals surface area contributed by atoms with Crippen LogP contribution in [0.25, 0.3) is 0 Å². The summed E-state index contributed by atoms with van der Waals surface area (Å²) in [6.45, 7) is 0.276. The van der Waals surface area contributed by atoms with Gasteiger partial charge in [0.2, 0.25) is 5.91 Å². The first-order chi connectivity index (χ1) is 9.66. The summed E-state index contributed by atoms with van der Waals surface area (Å²) >= 11 is 0. The van der Waals surface area contributed by atoms with Gasteiger partial charge in [0.05, 0.1) is 0 Å². The minimum atomic E-state index is -0.855. The van der Waals surface area contributed by atoms with Crippen LogP contribution >= 0.6 is 0 Å². The highest BCUT2D eigenvalue weighted by Crippen LogP contribution is 2.37. The van der Waals surface area contributed by atoms with Crippen LogP contribution in [0.1, 0.15) is 43.6 Å². The highest BCUT2D eigenvalue weighted by Gasteiger charge is 2.36. The number of nitrogens with zero attached hydrogens (tertiary/aromatic N) is 1. The Hall–Kier alpha value is -1.84. The Morgan fingerprint density at radius 3 is 2.65 bits per heavy atom. The number of fused-ring (bicyclic) bond motifs is 1. The van der Waals surface area contributed by atoms with Gasteiger partial charge in [0.25, 0.3) is 0 Å². The number of amides is 1. The fourth-order valence-electron chi connectivity index (χ4n) is 3.10. The van der Waals surface area contributed by atoms with Gasteiger partial charge in [-0.2, -0.15) is 0 Å². The van der Waals surface area contributed by atoms with Crippen LogP contribution in [-0.4, -0.2) is 23.5 Å². The number of carbonyl (C=O) groups excluding carboxylic acids is 1. The van der Waals surface area contributed by atoms with Crippen molar-refractivity contribution in [3.8, 4) is 0 Å². The molecule has 1 amide bonds. The molecular weight excluding hydrogens is 254 g/mol. The average Bonchev–Trinajstić information content (AvgIpc) is 2.76. The van der Waals surface area contributed by atoms with E-state index < -0.39 is 11.9 Å². The number of hydrogen-bond acceptors (Lipinski definition) is 2. The van der Waals surface area contributed by atoms with Gasteiger partial charge < -0.3 is 10.0 Å². The molecule has 1 fully saturated rings. The van der Waals surface area contributed by atoms with Crippen LogP contribution in [0.2, 0.25) is 0 Å². The molecule has 1 atom stereocenters. The quantitative estimate of drug-likeness (QED) is 0.917. The number of rotatable bonds is 4. The van der Waals surface area contributed by atoms with Gasteiger partial charge in [0.1, 0.15) is 5.92 Å². The zero-order valence-electron chi connectivity index (χ0n) is 11.4. The number of anilines is 1. The van der Waals surface area contributed by atoms with Crippen molar-refractivity contribution in [3.63, 3.8) is 0 Å². The smallest absolute Gasteiger partial charge is 0.312 e. The van der Waals surface area contributed by atoms with Gasteiger partial charge in [-0.3, -0.25) is 9.59 Å². The minimum absolute atomic E-state index is 0.0631. The summed E-state index contributed by atoms with van der Waals surface area (Å²) in [5, 5.41) is 9.29. The standard InChI is InChI=1S/C16H19NO3/c18-15(9-8-11-4-3-5-11)17-10-13(16(19)20)12-6-1-2-7-14(12)17/h1-2,6-7,11,13H,3-5,8-10H2,(H,19,20). The molecule has 3 rings (SSSR count). The maximum atomic E-state index is 12.4. The number of aliphatic carboxylic acids is 1. The van der Waals surface area contributed by atoms with E-state index in [1.54, 1.807) is 4.90 Å². The lowest BCUT2D eigenvalue weighted by Gasteiger charge is -2.26. The molecule has 0 saturated heterocycles. The minimum Gasteiger partial charge on any atom is -0.481 e. The predicted octanol–water partition coefficient (Wildman–Crippen LogP) is 2.78. The third-order valence-electron chi connectivity index (χ3n) is 4.56. The van der Waals surface area contributed by atoms with Crippen LogP contribution in [-0.2, 0) is 9.59 Å². The molecule has 1 unspecified atom stereocenters. The molecule has 1 aliphatic carbocycles. The second kappa shape index (κ2) is 5.27. The molecule has 1 N–H and O–H groups in total. The molecular formula is C16H19NO3. The molecule has 1 heterocycles. The number of para-hydroxylation sites is 1. The van der Waals surface area contributed by atoms with Crippen LogP contribution in [0.5, 0.6) is 0 Å². The van der Waals surface area contributed by atoms with E-state index in [4.69, 9.17) is 0 Å². The highest BCUT2D eigenvalue weighted by atomic mass is 16.4. The molecule has 106 valence electrons. The highest BCUT2D eigenvalue weighted by molar-refractivity contribution is 5.98.